The van der Waals surface area contributed by atoms with Gasteiger partial charge in [-0.2, -0.15) is 0 Å². The minimum Gasteiger partial charge on any atom is -0.336 e. The van der Waals surface area contributed by atoms with E-state index in [0.29, 0.717) is 0 Å². The van der Waals surface area contributed by atoms with Crippen molar-refractivity contribution in [3.63, 3.8) is 0 Å². The van der Waals surface area contributed by atoms with Gasteiger partial charge in [-0.15, -0.1) is 0 Å². The summed E-state index contributed by atoms with van der Waals surface area (Å²) in [5.41, 5.74) is 10.1. The molecule has 0 fully saturated rings. The molecule has 1 aliphatic rings. The zero-order valence-corrected chi connectivity index (χ0v) is 28.9. The predicted molar refractivity (Wildman–Crippen MR) is 221 cm³/mol. The Bertz CT molecular complexity index is 2980. The standard InChI is InChI=1S/C50H37N/c1-4-14-39-40-27-26-34(36-23-13-17-32-15-5-7-18-35(32)36)31-45(40)50(2,3)44(39)29-30-51-46-24-12-11-22-43(46)48-47-37-19-8-6-16-33(37)25-28-41(47)38-20-9-10-21-42(38)49(48)51/h4-29,31H,1,30H2,2-3H3/b39-14-,44-29+. The van der Waals surface area contributed by atoms with E-state index in [9.17, 15) is 0 Å². The second-order valence-corrected chi connectivity index (χ2v) is 14.5. The van der Waals surface area contributed by atoms with Gasteiger partial charge in [-0.05, 0) is 77.9 Å². The number of para-hydroxylation sites is 1. The highest BCUT2D eigenvalue weighted by Gasteiger charge is 2.38. The van der Waals surface area contributed by atoms with Crippen LogP contribution in [0.25, 0.3) is 81.6 Å². The molecular weight excluding hydrogens is 615 g/mol. The van der Waals surface area contributed by atoms with Crippen molar-refractivity contribution in [1.29, 1.82) is 0 Å². The number of fused-ring (bicyclic) bond motifs is 12. The highest BCUT2D eigenvalue weighted by Crippen LogP contribution is 2.51. The lowest BCUT2D eigenvalue weighted by Gasteiger charge is -2.23. The fraction of sp³-hybridized carbons (Fsp3) is 0.0800. The Kier molecular flexibility index (Phi) is 6.51. The molecule has 0 radical (unpaired) electrons. The lowest BCUT2D eigenvalue weighted by molar-refractivity contribution is 0.654. The second-order valence-electron chi connectivity index (χ2n) is 14.5. The quantitative estimate of drug-likeness (QED) is 0.167. The Morgan fingerprint density at radius 1 is 0.569 bits per heavy atom. The summed E-state index contributed by atoms with van der Waals surface area (Å²) in [7, 11) is 0. The fourth-order valence-corrected chi connectivity index (χ4v) is 9.13. The predicted octanol–water partition coefficient (Wildman–Crippen LogP) is 13.6. The first-order valence-corrected chi connectivity index (χ1v) is 17.9. The smallest absolute Gasteiger partial charge is 0.0580 e. The van der Waals surface area contributed by atoms with Crippen LogP contribution in [0.2, 0.25) is 0 Å². The average Bonchev–Trinajstić information content (AvgIpc) is 3.61. The summed E-state index contributed by atoms with van der Waals surface area (Å²) in [4.78, 5) is 0. The van der Waals surface area contributed by atoms with Crippen LogP contribution in [0.15, 0.2) is 176 Å². The molecule has 0 N–H and O–H groups in total. The van der Waals surface area contributed by atoms with Crippen LogP contribution in [0.5, 0.6) is 0 Å². The average molecular weight is 652 g/mol. The Hall–Kier alpha value is -6.18. The highest BCUT2D eigenvalue weighted by atomic mass is 15.0. The van der Waals surface area contributed by atoms with E-state index in [4.69, 9.17) is 0 Å². The van der Waals surface area contributed by atoms with Gasteiger partial charge >= 0.3 is 0 Å². The van der Waals surface area contributed by atoms with Crippen LogP contribution in [0.3, 0.4) is 0 Å². The normalized spacial score (nSPS) is 15.6. The molecule has 0 unspecified atom stereocenters. The summed E-state index contributed by atoms with van der Waals surface area (Å²) in [5.74, 6) is 0. The van der Waals surface area contributed by atoms with Gasteiger partial charge < -0.3 is 4.57 Å². The molecule has 10 rings (SSSR count). The molecular formula is C50H37N. The summed E-state index contributed by atoms with van der Waals surface area (Å²) >= 11 is 0. The van der Waals surface area contributed by atoms with E-state index in [2.05, 4.69) is 183 Å². The molecule has 1 nitrogen and oxygen atoms in total. The van der Waals surface area contributed by atoms with E-state index in [0.717, 1.165) is 6.54 Å². The van der Waals surface area contributed by atoms with E-state index in [1.165, 1.54) is 98.3 Å². The number of benzene rings is 8. The van der Waals surface area contributed by atoms with Crippen LogP contribution in [0, 0.1) is 0 Å². The van der Waals surface area contributed by atoms with Crippen molar-refractivity contribution in [2.24, 2.45) is 0 Å². The van der Waals surface area contributed by atoms with Crippen molar-refractivity contribution in [1.82, 2.24) is 4.57 Å². The first kappa shape index (κ1) is 29.7. The van der Waals surface area contributed by atoms with Crippen molar-refractivity contribution in [3.8, 4) is 11.1 Å². The van der Waals surface area contributed by atoms with Crippen molar-refractivity contribution in [2.45, 2.75) is 25.8 Å². The largest absolute Gasteiger partial charge is 0.336 e. The van der Waals surface area contributed by atoms with Crippen molar-refractivity contribution in [2.75, 3.05) is 0 Å². The molecule has 0 saturated heterocycles. The highest BCUT2D eigenvalue weighted by molar-refractivity contribution is 6.36. The molecule has 0 aliphatic heterocycles. The van der Waals surface area contributed by atoms with Gasteiger partial charge in [0.05, 0.1) is 5.52 Å². The van der Waals surface area contributed by atoms with Gasteiger partial charge in [0.25, 0.3) is 0 Å². The van der Waals surface area contributed by atoms with Crippen LogP contribution in [-0.2, 0) is 12.0 Å². The van der Waals surface area contributed by atoms with E-state index >= 15 is 0 Å². The first-order chi connectivity index (χ1) is 25.0. The third kappa shape index (κ3) is 4.28. The summed E-state index contributed by atoms with van der Waals surface area (Å²) in [6, 6.07) is 53.7. The third-order valence-electron chi connectivity index (χ3n) is 11.4. The first-order valence-electron chi connectivity index (χ1n) is 17.9. The van der Waals surface area contributed by atoms with Gasteiger partial charge in [0.2, 0.25) is 0 Å². The Morgan fingerprint density at radius 3 is 2.04 bits per heavy atom. The second kappa shape index (κ2) is 11.2. The van der Waals surface area contributed by atoms with Gasteiger partial charge in [-0.25, -0.2) is 0 Å². The molecule has 51 heavy (non-hydrogen) atoms. The Morgan fingerprint density at radius 2 is 1.24 bits per heavy atom. The van der Waals surface area contributed by atoms with E-state index < -0.39 is 0 Å². The molecule has 0 amide bonds. The minimum absolute atomic E-state index is 0.200. The lowest BCUT2D eigenvalue weighted by Crippen LogP contribution is -2.16. The monoisotopic (exact) mass is 651 g/mol. The van der Waals surface area contributed by atoms with Crippen LogP contribution in [0.1, 0.15) is 25.0 Å². The van der Waals surface area contributed by atoms with Crippen LogP contribution in [0.4, 0.5) is 0 Å². The van der Waals surface area contributed by atoms with Crippen LogP contribution >= 0.6 is 0 Å². The fourth-order valence-electron chi connectivity index (χ4n) is 9.13. The van der Waals surface area contributed by atoms with Crippen molar-refractivity contribution < 1.29 is 0 Å². The number of aromatic nitrogens is 1. The van der Waals surface area contributed by atoms with Gasteiger partial charge in [0.1, 0.15) is 0 Å². The molecule has 9 aromatic rings. The maximum atomic E-state index is 4.15. The van der Waals surface area contributed by atoms with Gasteiger partial charge in [0.15, 0.2) is 0 Å². The molecule has 0 spiro atoms. The van der Waals surface area contributed by atoms with Gasteiger partial charge in [0, 0.05) is 39.0 Å². The van der Waals surface area contributed by atoms with E-state index in [1.54, 1.807) is 0 Å². The van der Waals surface area contributed by atoms with Crippen LogP contribution < -0.4 is 0 Å². The third-order valence-corrected chi connectivity index (χ3v) is 11.4. The molecule has 1 aliphatic carbocycles. The number of hydrogen-bond acceptors (Lipinski definition) is 0. The van der Waals surface area contributed by atoms with Crippen molar-refractivity contribution in [3.05, 3.63) is 187 Å². The van der Waals surface area contributed by atoms with E-state index in [1.807, 2.05) is 6.08 Å². The van der Waals surface area contributed by atoms with Crippen LogP contribution in [-0.4, -0.2) is 4.57 Å². The number of hydrogen-bond donors (Lipinski definition) is 0. The summed E-state index contributed by atoms with van der Waals surface area (Å²) in [6.45, 7) is 9.67. The molecule has 8 aromatic carbocycles. The molecule has 0 saturated carbocycles. The Labute approximate surface area is 298 Å². The lowest BCUT2D eigenvalue weighted by atomic mass is 9.81. The maximum absolute atomic E-state index is 4.15. The minimum atomic E-state index is -0.200. The van der Waals surface area contributed by atoms with Crippen molar-refractivity contribution >= 4 is 70.5 Å². The Balaban J connectivity index is 1.20. The summed E-state index contributed by atoms with van der Waals surface area (Å²) in [5, 5.41) is 13.0. The molecule has 0 bridgehead atoms. The molecule has 1 heterocycles. The summed E-state index contributed by atoms with van der Waals surface area (Å²) < 4.78 is 2.56. The topological polar surface area (TPSA) is 4.93 Å². The zero-order valence-electron chi connectivity index (χ0n) is 28.9. The number of allylic oxidation sites excluding steroid dienone is 5. The zero-order chi connectivity index (χ0) is 34.3. The van der Waals surface area contributed by atoms with Gasteiger partial charge in [-0.1, -0.05) is 172 Å². The number of rotatable bonds is 4. The van der Waals surface area contributed by atoms with Gasteiger partial charge in [-0.3, -0.25) is 0 Å². The molecule has 242 valence electrons. The van der Waals surface area contributed by atoms with E-state index in [-0.39, 0.29) is 5.41 Å². The summed E-state index contributed by atoms with van der Waals surface area (Å²) in [6.07, 6.45) is 6.64. The maximum Gasteiger partial charge on any atom is 0.0580 e. The SMILES string of the molecule is C=C/C=C1\C(=C/Cn2c3ccccc3c3c4c5ccccc5ccc4c4ccccc4c32)C(C)(C)c2cc(-c3cccc4ccccc34)ccc21. The molecule has 0 atom stereocenters. The number of nitrogens with zero attached hydrogens (tertiary/aromatic N) is 1. The molecule has 1 heteroatoms. The molecule has 1 aromatic heterocycles.